The Balaban J connectivity index is 1.78. The van der Waals surface area contributed by atoms with Crippen LogP contribution in [0.3, 0.4) is 0 Å². The first-order chi connectivity index (χ1) is 14.1. The van der Waals surface area contributed by atoms with Crippen LogP contribution in [0.5, 0.6) is 11.5 Å². The normalized spacial score (nSPS) is 14.4. The highest BCUT2D eigenvalue weighted by Crippen LogP contribution is 2.28. The monoisotopic (exact) mass is 394 g/mol. The maximum Gasteiger partial charge on any atom is 0.251 e. The molecule has 2 aromatic carbocycles. The van der Waals surface area contributed by atoms with Crippen LogP contribution in [0.1, 0.15) is 34.8 Å². The second-order valence-electron chi connectivity index (χ2n) is 6.85. The molecule has 1 N–H and O–H groups in total. The molecule has 1 fully saturated rings. The van der Waals surface area contributed by atoms with Crippen LogP contribution < -0.4 is 14.8 Å². The lowest BCUT2D eigenvalue weighted by Crippen LogP contribution is -2.38. The third kappa shape index (κ3) is 5.16. The van der Waals surface area contributed by atoms with Crippen LogP contribution in [0.2, 0.25) is 0 Å². The van der Waals surface area contributed by atoms with Crippen molar-refractivity contribution in [2.24, 2.45) is 0 Å². The summed E-state index contributed by atoms with van der Waals surface area (Å²) in [6.07, 6.45) is 3.07. The van der Waals surface area contributed by atoms with Crippen LogP contribution in [-0.4, -0.2) is 43.5 Å². The van der Waals surface area contributed by atoms with Gasteiger partial charge < -0.3 is 19.7 Å². The Morgan fingerprint density at radius 1 is 1.24 bits per heavy atom. The molecule has 2 aromatic rings. The number of methoxy groups -OCH3 is 1. The van der Waals surface area contributed by atoms with Crippen LogP contribution in [0.4, 0.5) is 0 Å². The molecule has 0 bridgehead atoms. The lowest BCUT2D eigenvalue weighted by molar-refractivity contribution is -0.128. The van der Waals surface area contributed by atoms with Crippen LogP contribution >= 0.6 is 0 Å². The molecule has 0 aromatic heterocycles. The Hall–Kier alpha value is -3.28. The van der Waals surface area contributed by atoms with E-state index >= 15 is 0 Å². The molecule has 1 heterocycles. The minimum atomic E-state index is -0.298. The van der Waals surface area contributed by atoms with Crippen LogP contribution in [0.15, 0.2) is 61.2 Å². The standard InChI is InChI=1S/C23H26N2O4/c1-3-14-29-20-12-11-18(15-21(20)28-2)23(27)24-19(17-8-5-4-6-9-17)16-25-13-7-10-22(25)26/h3-6,8-9,11-12,15,19H,1,7,10,13-14,16H2,2H3,(H,24,27). The van der Waals surface area contributed by atoms with Gasteiger partial charge in [0.15, 0.2) is 11.5 Å². The van der Waals surface area contributed by atoms with Gasteiger partial charge in [-0.25, -0.2) is 0 Å². The summed E-state index contributed by atoms with van der Waals surface area (Å²) in [5.74, 6) is 0.918. The molecule has 0 saturated carbocycles. The molecule has 3 rings (SSSR count). The molecule has 29 heavy (non-hydrogen) atoms. The molecule has 1 aliphatic heterocycles. The molecule has 6 heteroatoms. The molecule has 1 unspecified atom stereocenters. The summed E-state index contributed by atoms with van der Waals surface area (Å²) in [5.41, 5.74) is 1.42. The molecule has 1 saturated heterocycles. The van der Waals surface area contributed by atoms with E-state index in [0.717, 1.165) is 18.5 Å². The average molecular weight is 394 g/mol. The van der Waals surface area contributed by atoms with E-state index in [2.05, 4.69) is 11.9 Å². The Bertz CT molecular complexity index is 866. The van der Waals surface area contributed by atoms with Gasteiger partial charge in [-0.15, -0.1) is 0 Å². The molecule has 0 spiro atoms. The average Bonchev–Trinajstić information content (AvgIpc) is 3.16. The van der Waals surface area contributed by atoms with Crippen molar-refractivity contribution in [1.82, 2.24) is 10.2 Å². The number of amides is 2. The number of nitrogens with one attached hydrogen (secondary N) is 1. The molecular formula is C23H26N2O4. The highest BCUT2D eigenvalue weighted by Gasteiger charge is 2.25. The largest absolute Gasteiger partial charge is 0.493 e. The smallest absolute Gasteiger partial charge is 0.251 e. The molecule has 152 valence electrons. The quantitative estimate of drug-likeness (QED) is 0.663. The van der Waals surface area contributed by atoms with Gasteiger partial charge >= 0.3 is 0 Å². The summed E-state index contributed by atoms with van der Waals surface area (Å²) < 4.78 is 10.9. The van der Waals surface area contributed by atoms with Crippen molar-refractivity contribution < 1.29 is 19.1 Å². The van der Waals surface area contributed by atoms with Crippen molar-refractivity contribution in [3.8, 4) is 11.5 Å². The number of ether oxygens (including phenoxy) is 2. The predicted octanol–water partition coefficient (Wildman–Crippen LogP) is 3.35. The fraction of sp³-hybridized carbons (Fsp3) is 0.304. The van der Waals surface area contributed by atoms with Gasteiger partial charge in [0.2, 0.25) is 5.91 Å². The number of likely N-dealkylation sites (tertiary alicyclic amines) is 1. The van der Waals surface area contributed by atoms with E-state index in [1.165, 1.54) is 7.11 Å². The number of nitrogens with zero attached hydrogens (tertiary/aromatic N) is 1. The third-order valence-electron chi connectivity index (χ3n) is 4.86. The summed E-state index contributed by atoms with van der Waals surface area (Å²) in [6, 6.07) is 14.4. The predicted molar refractivity (Wildman–Crippen MR) is 111 cm³/mol. The van der Waals surface area contributed by atoms with Crippen molar-refractivity contribution in [1.29, 1.82) is 0 Å². The van der Waals surface area contributed by atoms with E-state index in [9.17, 15) is 9.59 Å². The minimum Gasteiger partial charge on any atom is -0.493 e. The first-order valence-corrected chi connectivity index (χ1v) is 9.67. The van der Waals surface area contributed by atoms with Gasteiger partial charge in [0.05, 0.1) is 13.2 Å². The number of benzene rings is 2. The molecule has 1 atom stereocenters. The van der Waals surface area contributed by atoms with Gasteiger partial charge in [0, 0.05) is 25.1 Å². The van der Waals surface area contributed by atoms with E-state index in [-0.39, 0.29) is 17.9 Å². The van der Waals surface area contributed by atoms with Gasteiger partial charge in [-0.3, -0.25) is 9.59 Å². The molecular weight excluding hydrogens is 368 g/mol. The second kappa shape index (κ2) is 9.78. The summed E-state index contributed by atoms with van der Waals surface area (Å²) in [7, 11) is 1.53. The van der Waals surface area contributed by atoms with E-state index < -0.39 is 0 Å². The van der Waals surface area contributed by atoms with Crippen molar-refractivity contribution >= 4 is 11.8 Å². The number of rotatable bonds is 9. The Kier molecular flexibility index (Phi) is 6.89. The van der Waals surface area contributed by atoms with Crippen LogP contribution in [-0.2, 0) is 4.79 Å². The Labute approximate surface area is 171 Å². The van der Waals surface area contributed by atoms with E-state index in [4.69, 9.17) is 9.47 Å². The highest BCUT2D eigenvalue weighted by atomic mass is 16.5. The molecule has 1 aliphatic rings. The van der Waals surface area contributed by atoms with Gasteiger partial charge in [0.25, 0.3) is 5.91 Å². The summed E-state index contributed by atoms with van der Waals surface area (Å²) >= 11 is 0. The second-order valence-corrected chi connectivity index (χ2v) is 6.85. The maximum absolute atomic E-state index is 13.0. The fourth-order valence-corrected chi connectivity index (χ4v) is 3.36. The Morgan fingerprint density at radius 3 is 2.69 bits per heavy atom. The number of hydrogen-bond acceptors (Lipinski definition) is 4. The Morgan fingerprint density at radius 2 is 2.03 bits per heavy atom. The van der Waals surface area contributed by atoms with E-state index in [0.29, 0.717) is 36.6 Å². The van der Waals surface area contributed by atoms with Gasteiger partial charge in [-0.1, -0.05) is 43.0 Å². The first kappa shape index (κ1) is 20.5. The van der Waals surface area contributed by atoms with Crippen molar-refractivity contribution in [2.75, 3.05) is 26.8 Å². The van der Waals surface area contributed by atoms with Crippen molar-refractivity contribution in [3.63, 3.8) is 0 Å². The lowest BCUT2D eigenvalue weighted by Gasteiger charge is -2.25. The minimum absolute atomic E-state index is 0.130. The summed E-state index contributed by atoms with van der Waals surface area (Å²) in [5, 5.41) is 3.07. The zero-order valence-electron chi connectivity index (χ0n) is 16.6. The molecule has 0 aliphatic carbocycles. The van der Waals surface area contributed by atoms with Gasteiger partial charge in [-0.2, -0.15) is 0 Å². The van der Waals surface area contributed by atoms with Gasteiger partial charge in [-0.05, 0) is 30.2 Å². The van der Waals surface area contributed by atoms with E-state index in [1.807, 2.05) is 35.2 Å². The van der Waals surface area contributed by atoms with E-state index in [1.54, 1.807) is 24.3 Å². The SMILES string of the molecule is C=CCOc1ccc(C(=O)NC(CN2CCCC2=O)c2ccccc2)cc1OC. The third-order valence-corrected chi connectivity index (χ3v) is 4.86. The molecule has 6 nitrogen and oxygen atoms in total. The number of hydrogen-bond donors (Lipinski definition) is 1. The molecule has 0 radical (unpaired) electrons. The topological polar surface area (TPSA) is 67.9 Å². The summed E-state index contributed by atoms with van der Waals surface area (Å²) in [4.78, 5) is 26.8. The number of carbonyl (C=O) groups excluding carboxylic acids is 2. The zero-order chi connectivity index (χ0) is 20.6. The molecule has 2 amide bonds. The lowest BCUT2D eigenvalue weighted by atomic mass is 10.1. The first-order valence-electron chi connectivity index (χ1n) is 9.67. The van der Waals surface area contributed by atoms with Crippen LogP contribution in [0.25, 0.3) is 0 Å². The van der Waals surface area contributed by atoms with Gasteiger partial charge in [0.1, 0.15) is 6.61 Å². The number of carbonyl (C=O) groups is 2. The summed E-state index contributed by atoms with van der Waals surface area (Å²) in [6.45, 7) is 5.15. The van der Waals surface area contributed by atoms with Crippen molar-refractivity contribution in [2.45, 2.75) is 18.9 Å². The maximum atomic E-state index is 13.0. The fourth-order valence-electron chi connectivity index (χ4n) is 3.36. The van der Waals surface area contributed by atoms with Crippen molar-refractivity contribution in [3.05, 3.63) is 72.3 Å². The van der Waals surface area contributed by atoms with Crippen LogP contribution in [0, 0.1) is 0 Å². The zero-order valence-corrected chi connectivity index (χ0v) is 16.6. The highest BCUT2D eigenvalue weighted by molar-refractivity contribution is 5.95.